The second-order valence-electron chi connectivity index (χ2n) is 5.99. The molecule has 21 heavy (non-hydrogen) atoms. The van der Waals surface area contributed by atoms with E-state index in [0.29, 0.717) is 6.54 Å². The number of aryl methyl sites for hydroxylation is 1. The molecular weight excluding hydrogens is 262 g/mol. The number of hydrogen-bond donors (Lipinski definition) is 2. The first kappa shape index (κ1) is 14.1. The first-order valence-electron chi connectivity index (χ1n) is 7.89. The predicted octanol–water partition coefficient (Wildman–Crippen LogP) is 0.745. The molecule has 0 unspecified atom stereocenters. The van der Waals surface area contributed by atoms with Gasteiger partial charge in [0.2, 0.25) is 5.91 Å². The maximum Gasteiger partial charge on any atom is 0.240 e. The summed E-state index contributed by atoms with van der Waals surface area (Å²) < 4.78 is 2.09. The number of carbonyl (C=O) groups is 1. The van der Waals surface area contributed by atoms with Gasteiger partial charge in [-0.25, -0.2) is 0 Å². The zero-order chi connectivity index (χ0) is 14.7. The summed E-state index contributed by atoms with van der Waals surface area (Å²) in [7, 11) is 0. The summed E-state index contributed by atoms with van der Waals surface area (Å²) in [6.45, 7) is 6.83. The third kappa shape index (κ3) is 3.27. The fourth-order valence-electron chi connectivity index (χ4n) is 3.26. The topological polar surface area (TPSA) is 38.5 Å². The van der Waals surface area contributed by atoms with Crippen molar-refractivity contribution >= 4 is 16.8 Å². The molecule has 0 bridgehead atoms. The summed E-state index contributed by atoms with van der Waals surface area (Å²) in [6, 6.07) is 10.4. The average Bonchev–Trinajstić information content (AvgIpc) is 3.08. The molecule has 0 aliphatic carbocycles. The maximum atomic E-state index is 12.1. The van der Waals surface area contributed by atoms with Crippen LogP contribution < -0.4 is 10.2 Å². The summed E-state index contributed by atoms with van der Waals surface area (Å²) in [5.74, 6) is 0.109. The SMILES string of the molecule is Cc1cc2ccccc2n1CC(=O)NCC[NH+]1CCCC1. The van der Waals surface area contributed by atoms with E-state index in [1.807, 2.05) is 12.1 Å². The Labute approximate surface area is 125 Å². The van der Waals surface area contributed by atoms with Crippen LogP contribution in [0.25, 0.3) is 10.9 Å². The molecule has 1 aliphatic heterocycles. The van der Waals surface area contributed by atoms with Gasteiger partial charge in [0.05, 0.1) is 26.2 Å². The van der Waals surface area contributed by atoms with Crippen molar-refractivity contribution < 1.29 is 9.69 Å². The largest absolute Gasteiger partial charge is 0.349 e. The fourth-order valence-corrected chi connectivity index (χ4v) is 3.26. The number of fused-ring (bicyclic) bond motifs is 1. The molecule has 2 heterocycles. The third-order valence-corrected chi connectivity index (χ3v) is 4.43. The molecule has 1 aromatic carbocycles. The number of amides is 1. The van der Waals surface area contributed by atoms with Gasteiger partial charge in [0.15, 0.2) is 0 Å². The summed E-state index contributed by atoms with van der Waals surface area (Å²) in [5, 5.41) is 4.26. The predicted molar refractivity (Wildman–Crippen MR) is 84.5 cm³/mol. The van der Waals surface area contributed by atoms with Gasteiger partial charge < -0.3 is 14.8 Å². The van der Waals surface area contributed by atoms with Gasteiger partial charge in [0.25, 0.3) is 0 Å². The van der Waals surface area contributed by atoms with Crippen LogP contribution in [0.2, 0.25) is 0 Å². The molecule has 0 radical (unpaired) electrons. The Bertz CT molecular complexity index is 626. The summed E-state index contributed by atoms with van der Waals surface area (Å²) in [4.78, 5) is 13.8. The number of aromatic nitrogens is 1. The van der Waals surface area contributed by atoms with Gasteiger partial charge in [-0.2, -0.15) is 0 Å². The number of quaternary nitrogens is 1. The van der Waals surface area contributed by atoms with Gasteiger partial charge in [0.1, 0.15) is 6.54 Å². The molecule has 0 saturated carbocycles. The van der Waals surface area contributed by atoms with Gasteiger partial charge in [-0.1, -0.05) is 18.2 Å². The standard InChI is InChI=1S/C17H23N3O/c1-14-12-15-6-2-3-7-16(15)20(14)13-17(21)18-8-11-19-9-4-5-10-19/h2-3,6-7,12H,4-5,8-11,13H2,1H3,(H,18,21)/p+1. The molecule has 1 amide bonds. The Morgan fingerprint density at radius 2 is 2.05 bits per heavy atom. The molecule has 4 nitrogen and oxygen atoms in total. The van der Waals surface area contributed by atoms with Crippen LogP contribution in [0.5, 0.6) is 0 Å². The number of nitrogens with zero attached hydrogens (tertiary/aromatic N) is 1. The molecule has 2 aromatic rings. The first-order chi connectivity index (χ1) is 10.2. The maximum absolute atomic E-state index is 12.1. The zero-order valence-corrected chi connectivity index (χ0v) is 12.7. The minimum absolute atomic E-state index is 0.109. The number of nitrogens with one attached hydrogen (secondary N) is 2. The van der Waals surface area contributed by atoms with Gasteiger partial charge >= 0.3 is 0 Å². The van der Waals surface area contributed by atoms with Crippen LogP contribution in [0, 0.1) is 6.92 Å². The van der Waals surface area contributed by atoms with E-state index >= 15 is 0 Å². The minimum atomic E-state index is 0.109. The zero-order valence-electron chi connectivity index (χ0n) is 12.7. The van der Waals surface area contributed by atoms with Crippen LogP contribution in [0.4, 0.5) is 0 Å². The van der Waals surface area contributed by atoms with Crippen molar-refractivity contribution in [2.24, 2.45) is 0 Å². The third-order valence-electron chi connectivity index (χ3n) is 4.43. The normalized spacial score (nSPS) is 15.7. The van der Waals surface area contributed by atoms with Crippen molar-refractivity contribution in [1.82, 2.24) is 9.88 Å². The van der Waals surface area contributed by atoms with Crippen LogP contribution in [0.1, 0.15) is 18.5 Å². The molecule has 1 aromatic heterocycles. The van der Waals surface area contributed by atoms with E-state index in [0.717, 1.165) is 24.3 Å². The highest BCUT2D eigenvalue weighted by Gasteiger charge is 2.15. The minimum Gasteiger partial charge on any atom is -0.349 e. The Hall–Kier alpha value is -1.81. The van der Waals surface area contributed by atoms with E-state index in [-0.39, 0.29) is 5.91 Å². The molecule has 0 atom stereocenters. The van der Waals surface area contributed by atoms with Crippen molar-refractivity contribution in [3.63, 3.8) is 0 Å². The fraction of sp³-hybridized carbons (Fsp3) is 0.471. The number of para-hydroxylation sites is 1. The number of rotatable bonds is 5. The van der Waals surface area contributed by atoms with E-state index < -0.39 is 0 Å². The average molecular weight is 286 g/mol. The second-order valence-corrected chi connectivity index (χ2v) is 5.99. The summed E-state index contributed by atoms with van der Waals surface area (Å²) in [5.41, 5.74) is 2.27. The second kappa shape index (κ2) is 6.31. The van der Waals surface area contributed by atoms with Crippen molar-refractivity contribution in [3.8, 4) is 0 Å². The van der Waals surface area contributed by atoms with E-state index in [1.165, 1.54) is 31.3 Å². The van der Waals surface area contributed by atoms with Gasteiger partial charge in [-0.15, -0.1) is 0 Å². The number of likely N-dealkylation sites (tertiary alicyclic amines) is 1. The molecule has 3 rings (SSSR count). The molecule has 1 saturated heterocycles. The Morgan fingerprint density at radius 1 is 1.29 bits per heavy atom. The Balaban J connectivity index is 1.57. The van der Waals surface area contributed by atoms with Crippen molar-refractivity contribution in [2.45, 2.75) is 26.3 Å². The lowest BCUT2D eigenvalue weighted by Crippen LogP contribution is -3.10. The monoisotopic (exact) mass is 286 g/mol. The first-order valence-corrected chi connectivity index (χ1v) is 7.89. The molecular formula is C17H24N3O+. The van der Waals surface area contributed by atoms with Crippen molar-refractivity contribution in [2.75, 3.05) is 26.2 Å². The molecule has 1 aliphatic rings. The highest BCUT2D eigenvalue weighted by atomic mass is 16.1. The van der Waals surface area contributed by atoms with Gasteiger partial charge in [-0.3, -0.25) is 4.79 Å². The lowest BCUT2D eigenvalue weighted by atomic mass is 10.2. The van der Waals surface area contributed by atoms with E-state index in [9.17, 15) is 4.79 Å². The van der Waals surface area contributed by atoms with E-state index in [1.54, 1.807) is 4.90 Å². The molecule has 4 heteroatoms. The van der Waals surface area contributed by atoms with Crippen molar-refractivity contribution in [1.29, 1.82) is 0 Å². The Kier molecular flexibility index (Phi) is 4.25. The molecule has 112 valence electrons. The summed E-state index contributed by atoms with van der Waals surface area (Å²) >= 11 is 0. The van der Waals surface area contributed by atoms with Crippen LogP contribution in [0.3, 0.4) is 0 Å². The van der Waals surface area contributed by atoms with Crippen LogP contribution in [-0.4, -0.2) is 36.7 Å². The highest BCUT2D eigenvalue weighted by Crippen LogP contribution is 2.18. The lowest BCUT2D eigenvalue weighted by Gasteiger charge is -2.13. The van der Waals surface area contributed by atoms with Crippen molar-refractivity contribution in [3.05, 3.63) is 36.0 Å². The number of benzene rings is 1. The molecule has 1 fully saturated rings. The Morgan fingerprint density at radius 3 is 2.86 bits per heavy atom. The molecule has 2 N–H and O–H groups in total. The highest BCUT2D eigenvalue weighted by molar-refractivity contribution is 5.84. The van der Waals surface area contributed by atoms with Crippen LogP contribution in [-0.2, 0) is 11.3 Å². The number of hydrogen-bond acceptors (Lipinski definition) is 1. The summed E-state index contributed by atoms with van der Waals surface area (Å²) in [6.07, 6.45) is 2.66. The van der Waals surface area contributed by atoms with Gasteiger partial charge in [0, 0.05) is 24.1 Å². The molecule has 0 spiro atoms. The quantitative estimate of drug-likeness (QED) is 0.836. The van der Waals surface area contributed by atoms with Crippen LogP contribution in [0.15, 0.2) is 30.3 Å². The lowest BCUT2D eigenvalue weighted by molar-refractivity contribution is -0.886. The van der Waals surface area contributed by atoms with Crippen LogP contribution >= 0.6 is 0 Å². The van der Waals surface area contributed by atoms with Gasteiger partial charge in [-0.05, 0) is 24.4 Å². The number of carbonyl (C=O) groups excluding carboxylic acids is 1. The van der Waals surface area contributed by atoms with E-state index in [2.05, 4.69) is 35.0 Å². The van der Waals surface area contributed by atoms with E-state index in [4.69, 9.17) is 0 Å². The smallest absolute Gasteiger partial charge is 0.240 e.